The number of carbonyl (C=O) groups excluding carboxylic acids is 1. The van der Waals surface area contributed by atoms with Gasteiger partial charge in [-0.25, -0.2) is 13.2 Å². The SMILES string of the molecule is C[C@]1(NC(=O)N2CCCCC2)CCS(=O)(=O)C1. The minimum absolute atomic E-state index is 0.0690. The Morgan fingerprint density at radius 1 is 1.24 bits per heavy atom. The molecule has 0 spiro atoms. The van der Waals surface area contributed by atoms with Crippen molar-refractivity contribution in [3.8, 4) is 0 Å². The van der Waals surface area contributed by atoms with Crippen LogP contribution in [0.5, 0.6) is 0 Å². The van der Waals surface area contributed by atoms with E-state index in [-0.39, 0.29) is 17.5 Å². The molecular formula is C11H20N2O3S. The second-order valence-corrected chi connectivity index (χ2v) is 7.56. The van der Waals surface area contributed by atoms with E-state index in [1.807, 2.05) is 6.92 Å². The van der Waals surface area contributed by atoms with Gasteiger partial charge in [-0.15, -0.1) is 0 Å². The molecule has 0 aromatic carbocycles. The lowest BCUT2D eigenvalue weighted by Gasteiger charge is -2.32. The minimum Gasteiger partial charge on any atom is -0.332 e. The van der Waals surface area contributed by atoms with Crippen LogP contribution in [0.2, 0.25) is 0 Å². The molecule has 2 rings (SSSR count). The molecule has 2 aliphatic rings. The lowest BCUT2D eigenvalue weighted by atomic mass is 10.0. The standard InChI is InChI=1S/C11H20N2O3S/c1-11(5-8-17(15,16)9-11)12-10(14)13-6-3-2-4-7-13/h2-9H2,1H3,(H,12,14)/t11-/m0/s1. The van der Waals surface area contributed by atoms with Crippen molar-refractivity contribution in [2.75, 3.05) is 24.6 Å². The highest BCUT2D eigenvalue weighted by Gasteiger charge is 2.40. The summed E-state index contributed by atoms with van der Waals surface area (Å²) in [6, 6.07) is -0.107. The zero-order chi connectivity index (χ0) is 12.5. The van der Waals surface area contributed by atoms with Gasteiger partial charge < -0.3 is 10.2 Å². The molecular weight excluding hydrogens is 240 g/mol. The number of urea groups is 1. The monoisotopic (exact) mass is 260 g/mol. The maximum absolute atomic E-state index is 12.0. The summed E-state index contributed by atoms with van der Waals surface area (Å²) in [5.41, 5.74) is -0.576. The normalized spacial score (nSPS) is 32.4. The molecule has 98 valence electrons. The zero-order valence-electron chi connectivity index (χ0n) is 10.2. The fraction of sp³-hybridized carbons (Fsp3) is 0.909. The number of carbonyl (C=O) groups is 1. The van der Waals surface area contributed by atoms with Gasteiger partial charge >= 0.3 is 6.03 Å². The maximum Gasteiger partial charge on any atom is 0.317 e. The van der Waals surface area contributed by atoms with Crippen LogP contribution in [0.1, 0.15) is 32.6 Å². The third-order valence-corrected chi connectivity index (χ3v) is 5.46. The van der Waals surface area contributed by atoms with Gasteiger partial charge in [-0.1, -0.05) is 0 Å². The number of amides is 2. The summed E-state index contributed by atoms with van der Waals surface area (Å²) in [7, 11) is -2.96. The van der Waals surface area contributed by atoms with E-state index in [9.17, 15) is 13.2 Å². The van der Waals surface area contributed by atoms with E-state index in [1.54, 1.807) is 4.90 Å². The van der Waals surface area contributed by atoms with Crippen molar-refractivity contribution < 1.29 is 13.2 Å². The highest BCUT2D eigenvalue weighted by molar-refractivity contribution is 7.91. The highest BCUT2D eigenvalue weighted by atomic mass is 32.2. The molecule has 0 radical (unpaired) electrons. The van der Waals surface area contributed by atoms with E-state index in [2.05, 4.69) is 5.32 Å². The molecule has 0 bridgehead atoms. The Hall–Kier alpha value is -0.780. The summed E-state index contributed by atoms with van der Waals surface area (Å²) in [6.07, 6.45) is 3.79. The average molecular weight is 260 g/mol. The predicted molar refractivity (Wildman–Crippen MR) is 65.6 cm³/mol. The van der Waals surface area contributed by atoms with Crippen LogP contribution in [0.4, 0.5) is 4.79 Å². The van der Waals surface area contributed by atoms with Crippen molar-refractivity contribution in [1.82, 2.24) is 10.2 Å². The van der Waals surface area contributed by atoms with E-state index < -0.39 is 15.4 Å². The molecule has 5 nitrogen and oxygen atoms in total. The van der Waals surface area contributed by atoms with Crippen molar-refractivity contribution in [3.63, 3.8) is 0 Å². The Bertz CT molecular complexity index is 401. The third-order valence-electron chi connectivity index (χ3n) is 3.56. The van der Waals surface area contributed by atoms with E-state index in [4.69, 9.17) is 0 Å². The molecule has 2 amide bonds. The summed E-state index contributed by atoms with van der Waals surface area (Å²) < 4.78 is 22.9. The summed E-state index contributed by atoms with van der Waals surface area (Å²) in [4.78, 5) is 13.8. The molecule has 1 atom stereocenters. The second kappa shape index (κ2) is 4.48. The van der Waals surface area contributed by atoms with Crippen LogP contribution in [0.15, 0.2) is 0 Å². The maximum atomic E-state index is 12.0. The van der Waals surface area contributed by atoms with E-state index in [0.717, 1.165) is 25.9 Å². The van der Waals surface area contributed by atoms with Crippen LogP contribution in [-0.4, -0.2) is 49.5 Å². The first-order valence-electron chi connectivity index (χ1n) is 6.18. The number of nitrogens with zero attached hydrogens (tertiary/aromatic N) is 1. The Kier molecular flexibility index (Phi) is 3.34. The van der Waals surface area contributed by atoms with Gasteiger partial charge in [0.15, 0.2) is 9.84 Å². The number of rotatable bonds is 1. The van der Waals surface area contributed by atoms with Gasteiger partial charge in [0.2, 0.25) is 0 Å². The van der Waals surface area contributed by atoms with Crippen molar-refractivity contribution in [2.24, 2.45) is 0 Å². The quantitative estimate of drug-likeness (QED) is 0.757. The van der Waals surface area contributed by atoms with E-state index in [0.29, 0.717) is 6.42 Å². The van der Waals surface area contributed by atoms with Crippen molar-refractivity contribution >= 4 is 15.9 Å². The summed E-state index contributed by atoms with van der Waals surface area (Å²) in [5.74, 6) is 0.253. The first kappa shape index (κ1) is 12.7. The molecule has 0 saturated carbocycles. The topological polar surface area (TPSA) is 66.5 Å². The van der Waals surface area contributed by atoms with Crippen LogP contribution in [-0.2, 0) is 9.84 Å². The molecule has 1 N–H and O–H groups in total. The van der Waals surface area contributed by atoms with Gasteiger partial charge in [0.1, 0.15) is 0 Å². The van der Waals surface area contributed by atoms with Gasteiger partial charge in [-0.2, -0.15) is 0 Å². The number of likely N-dealkylation sites (tertiary alicyclic amines) is 1. The number of hydrogen-bond acceptors (Lipinski definition) is 3. The lowest BCUT2D eigenvalue weighted by Crippen LogP contribution is -2.53. The number of sulfone groups is 1. The number of piperidine rings is 1. The largest absolute Gasteiger partial charge is 0.332 e. The molecule has 2 aliphatic heterocycles. The molecule has 0 unspecified atom stereocenters. The van der Waals surface area contributed by atoms with Crippen molar-refractivity contribution in [3.05, 3.63) is 0 Å². The van der Waals surface area contributed by atoms with Gasteiger partial charge in [0.05, 0.1) is 17.0 Å². The first-order chi connectivity index (χ1) is 7.90. The molecule has 0 aliphatic carbocycles. The molecule has 0 aromatic rings. The van der Waals surface area contributed by atoms with Crippen LogP contribution >= 0.6 is 0 Å². The fourth-order valence-electron chi connectivity index (χ4n) is 2.54. The molecule has 2 fully saturated rings. The van der Waals surface area contributed by atoms with Crippen LogP contribution in [0.3, 0.4) is 0 Å². The smallest absolute Gasteiger partial charge is 0.317 e. The Balaban J connectivity index is 1.94. The molecule has 6 heteroatoms. The van der Waals surface area contributed by atoms with Crippen LogP contribution in [0.25, 0.3) is 0 Å². The van der Waals surface area contributed by atoms with Gasteiger partial charge in [-0.3, -0.25) is 0 Å². The van der Waals surface area contributed by atoms with E-state index in [1.165, 1.54) is 6.42 Å². The zero-order valence-corrected chi connectivity index (χ0v) is 11.1. The van der Waals surface area contributed by atoms with Crippen molar-refractivity contribution in [1.29, 1.82) is 0 Å². The second-order valence-electron chi connectivity index (χ2n) is 5.38. The van der Waals surface area contributed by atoms with Crippen LogP contribution < -0.4 is 5.32 Å². The molecule has 2 saturated heterocycles. The summed E-state index contributed by atoms with van der Waals surface area (Å²) in [5, 5.41) is 2.89. The highest BCUT2D eigenvalue weighted by Crippen LogP contribution is 2.23. The lowest BCUT2D eigenvalue weighted by molar-refractivity contribution is 0.176. The number of hydrogen-bond donors (Lipinski definition) is 1. The first-order valence-corrected chi connectivity index (χ1v) is 8.00. The van der Waals surface area contributed by atoms with Gasteiger partial charge in [0.25, 0.3) is 0 Å². The van der Waals surface area contributed by atoms with Crippen molar-refractivity contribution in [2.45, 2.75) is 38.1 Å². The Morgan fingerprint density at radius 2 is 1.88 bits per heavy atom. The summed E-state index contributed by atoms with van der Waals surface area (Å²) >= 11 is 0. The number of nitrogens with one attached hydrogen (secondary N) is 1. The minimum atomic E-state index is -2.96. The Morgan fingerprint density at radius 3 is 2.41 bits per heavy atom. The third kappa shape index (κ3) is 3.12. The predicted octanol–water partition coefficient (Wildman–Crippen LogP) is 0.759. The van der Waals surface area contributed by atoms with E-state index >= 15 is 0 Å². The van der Waals surface area contributed by atoms with Gasteiger partial charge in [0, 0.05) is 13.1 Å². The Labute approximate surface area is 102 Å². The molecule has 2 heterocycles. The molecule has 0 aromatic heterocycles. The fourth-order valence-corrected chi connectivity index (χ4v) is 4.64. The average Bonchev–Trinajstić information content (AvgIpc) is 2.54. The van der Waals surface area contributed by atoms with Crippen LogP contribution in [0, 0.1) is 0 Å². The van der Waals surface area contributed by atoms with Gasteiger partial charge in [-0.05, 0) is 32.6 Å². The summed E-state index contributed by atoms with van der Waals surface area (Å²) in [6.45, 7) is 3.39. The molecule has 17 heavy (non-hydrogen) atoms.